The number of H-pyrrole nitrogens is 1. The molecular weight excluding hydrogens is 451 g/mol. The summed E-state index contributed by atoms with van der Waals surface area (Å²) in [5.41, 5.74) is 7.07. The smallest absolute Gasteiger partial charge is 0.330 e. The van der Waals surface area contributed by atoms with Crippen LogP contribution in [0.2, 0.25) is 0 Å². The minimum Gasteiger partial charge on any atom is -0.383 e. The van der Waals surface area contributed by atoms with E-state index in [1.165, 1.54) is 15.0 Å². The lowest BCUT2D eigenvalue weighted by atomic mass is 9.97. The number of hydrogen-bond acceptors (Lipinski definition) is 4. The summed E-state index contributed by atoms with van der Waals surface area (Å²) >= 11 is 12.3. The molecule has 1 amide bonds. The van der Waals surface area contributed by atoms with Gasteiger partial charge in [0.1, 0.15) is 10.2 Å². The molecular formula is C23H26Cl2N4O3. The summed E-state index contributed by atoms with van der Waals surface area (Å²) in [6.45, 7) is 0.433. The van der Waals surface area contributed by atoms with E-state index in [0.717, 1.165) is 31.2 Å². The number of halogens is 2. The van der Waals surface area contributed by atoms with Gasteiger partial charge in [-0.1, -0.05) is 42.0 Å². The van der Waals surface area contributed by atoms with Gasteiger partial charge in [0, 0.05) is 6.54 Å². The highest BCUT2D eigenvalue weighted by Crippen LogP contribution is 2.54. The van der Waals surface area contributed by atoms with E-state index in [0.29, 0.717) is 12.8 Å². The molecule has 4 rings (SSSR count). The number of rotatable bonds is 7. The molecule has 170 valence electrons. The molecule has 2 aliphatic carbocycles. The third-order valence-electron chi connectivity index (χ3n) is 6.10. The molecule has 0 spiro atoms. The molecule has 1 unspecified atom stereocenters. The van der Waals surface area contributed by atoms with E-state index in [9.17, 15) is 14.4 Å². The number of benzene rings is 1. The number of alkyl halides is 2. The molecule has 0 bridgehead atoms. The SMILES string of the molecule is Nc1c(N(CCC2=CCCCC2)C(=O)C2CC2(Cl)Cl)c(=O)[nH]c(=O)n1Cc1ccccc1. The van der Waals surface area contributed by atoms with Crippen molar-refractivity contribution in [2.24, 2.45) is 5.92 Å². The van der Waals surface area contributed by atoms with Gasteiger partial charge in [0.05, 0.1) is 12.5 Å². The molecule has 1 heterocycles. The quantitative estimate of drug-likeness (QED) is 0.470. The monoisotopic (exact) mass is 476 g/mol. The summed E-state index contributed by atoms with van der Waals surface area (Å²) in [7, 11) is 0. The van der Waals surface area contributed by atoms with Crippen molar-refractivity contribution in [3.05, 3.63) is 68.4 Å². The highest BCUT2D eigenvalue weighted by Gasteiger charge is 2.58. The predicted molar refractivity (Wildman–Crippen MR) is 127 cm³/mol. The van der Waals surface area contributed by atoms with Crippen molar-refractivity contribution in [2.45, 2.75) is 49.4 Å². The van der Waals surface area contributed by atoms with Crippen molar-refractivity contribution in [3.63, 3.8) is 0 Å². The molecule has 3 N–H and O–H groups in total. The van der Waals surface area contributed by atoms with Gasteiger partial charge < -0.3 is 10.6 Å². The van der Waals surface area contributed by atoms with E-state index in [1.54, 1.807) is 0 Å². The van der Waals surface area contributed by atoms with Crippen LogP contribution in [-0.4, -0.2) is 26.3 Å². The number of allylic oxidation sites excluding steroid dienone is 1. The molecule has 1 saturated carbocycles. The molecule has 32 heavy (non-hydrogen) atoms. The van der Waals surface area contributed by atoms with Crippen LogP contribution in [-0.2, 0) is 11.3 Å². The van der Waals surface area contributed by atoms with Gasteiger partial charge in [0.15, 0.2) is 5.69 Å². The van der Waals surface area contributed by atoms with Gasteiger partial charge >= 0.3 is 5.69 Å². The normalized spacial score (nSPS) is 19.3. The molecule has 2 aliphatic rings. The highest BCUT2D eigenvalue weighted by atomic mass is 35.5. The van der Waals surface area contributed by atoms with Gasteiger partial charge in [-0.3, -0.25) is 19.1 Å². The third-order valence-corrected chi connectivity index (χ3v) is 6.93. The maximum absolute atomic E-state index is 13.3. The molecule has 9 heteroatoms. The zero-order valence-electron chi connectivity index (χ0n) is 17.7. The van der Waals surface area contributed by atoms with Gasteiger partial charge in [-0.05, 0) is 44.1 Å². The van der Waals surface area contributed by atoms with Gasteiger partial charge in [-0.25, -0.2) is 4.79 Å². The first kappa shape index (κ1) is 22.7. The summed E-state index contributed by atoms with van der Waals surface area (Å²) in [5.74, 6) is -1.02. The number of aromatic nitrogens is 2. The van der Waals surface area contributed by atoms with Crippen LogP contribution in [0.1, 0.15) is 44.1 Å². The Kier molecular flexibility index (Phi) is 6.49. The Morgan fingerprint density at radius 1 is 1.22 bits per heavy atom. The van der Waals surface area contributed by atoms with E-state index < -0.39 is 21.5 Å². The highest BCUT2D eigenvalue weighted by molar-refractivity contribution is 6.52. The number of aromatic amines is 1. The van der Waals surface area contributed by atoms with Gasteiger partial charge in [-0.15, -0.1) is 23.2 Å². The Morgan fingerprint density at radius 3 is 2.56 bits per heavy atom. The minimum atomic E-state index is -1.14. The number of nitrogens with zero attached hydrogens (tertiary/aromatic N) is 2. The predicted octanol–water partition coefficient (Wildman–Crippen LogP) is 3.58. The number of nitrogen functional groups attached to an aromatic ring is 1. The summed E-state index contributed by atoms with van der Waals surface area (Å²) in [6, 6.07) is 9.28. The molecule has 0 radical (unpaired) electrons. The zero-order valence-corrected chi connectivity index (χ0v) is 19.2. The Morgan fingerprint density at radius 2 is 1.94 bits per heavy atom. The van der Waals surface area contributed by atoms with E-state index in [2.05, 4.69) is 11.1 Å². The number of amides is 1. The Balaban J connectivity index is 1.71. The second-order valence-electron chi connectivity index (χ2n) is 8.43. The summed E-state index contributed by atoms with van der Waals surface area (Å²) in [4.78, 5) is 42.4. The van der Waals surface area contributed by atoms with E-state index in [4.69, 9.17) is 28.9 Å². The van der Waals surface area contributed by atoms with E-state index in [1.807, 2.05) is 30.3 Å². The van der Waals surface area contributed by atoms with Crippen LogP contribution in [0.4, 0.5) is 11.5 Å². The molecule has 1 aromatic heterocycles. The molecule has 0 aliphatic heterocycles. The van der Waals surface area contributed by atoms with Crippen molar-refractivity contribution in [1.82, 2.24) is 9.55 Å². The van der Waals surface area contributed by atoms with Crippen LogP contribution in [0, 0.1) is 5.92 Å². The molecule has 1 atom stereocenters. The fourth-order valence-electron chi connectivity index (χ4n) is 4.15. The van der Waals surface area contributed by atoms with Crippen LogP contribution in [0.25, 0.3) is 0 Å². The topological polar surface area (TPSA) is 101 Å². The molecule has 0 saturated heterocycles. The van der Waals surface area contributed by atoms with Crippen molar-refractivity contribution >= 4 is 40.6 Å². The standard InChI is InChI=1S/C23H26Cl2N4O3/c24-23(25)13-17(23)21(31)28(12-11-15-7-3-1-4-8-15)18-19(26)29(22(32)27-20(18)30)14-16-9-5-2-6-10-16/h2,5-7,9-10,17H,1,3-4,8,11-14,26H2,(H,27,30,32). The maximum Gasteiger partial charge on any atom is 0.330 e. The van der Waals surface area contributed by atoms with Crippen LogP contribution in [0.3, 0.4) is 0 Å². The number of carbonyl (C=O) groups is 1. The number of carbonyl (C=O) groups excluding carboxylic acids is 1. The summed E-state index contributed by atoms with van der Waals surface area (Å²) in [6.07, 6.45) is 7.39. The first-order chi connectivity index (χ1) is 15.3. The van der Waals surface area contributed by atoms with E-state index >= 15 is 0 Å². The van der Waals surface area contributed by atoms with Crippen molar-refractivity contribution < 1.29 is 4.79 Å². The first-order valence-electron chi connectivity index (χ1n) is 10.8. The molecule has 1 aromatic carbocycles. The minimum absolute atomic E-state index is 0.0297. The largest absolute Gasteiger partial charge is 0.383 e. The first-order valence-corrected chi connectivity index (χ1v) is 11.6. The average molecular weight is 477 g/mol. The lowest BCUT2D eigenvalue weighted by Crippen LogP contribution is -2.43. The Labute approximate surface area is 195 Å². The van der Waals surface area contributed by atoms with Crippen LogP contribution in [0.5, 0.6) is 0 Å². The molecule has 2 aromatic rings. The fourth-order valence-corrected chi connectivity index (χ4v) is 4.65. The third kappa shape index (κ3) is 4.79. The number of nitrogens with one attached hydrogen (secondary N) is 1. The summed E-state index contributed by atoms with van der Waals surface area (Å²) < 4.78 is 0.132. The number of nitrogens with two attached hydrogens (primary N) is 1. The average Bonchev–Trinajstić information content (AvgIpc) is 3.42. The lowest BCUT2D eigenvalue weighted by molar-refractivity contribution is -0.119. The summed E-state index contributed by atoms with van der Waals surface area (Å²) in [5, 5.41) is 0. The number of hydrogen-bond donors (Lipinski definition) is 2. The van der Waals surface area contributed by atoms with Gasteiger partial charge in [-0.2, -0.15) is 0 Å². The van der Waals surface area contributed by atoms with Gasteiger partial charge in [0.2, 0.25) is 5.91 Å². The second kappa shape index (κ2) is 9.16. The zero-order chi connectivity index (χ0) is 22.9. The van der Waals surface area contributed by atoms with E-state index in [-0.39, 0.29) is 30.5 Å². The van der Waals surface area contributed by atoms with Crippen molar-refractivity contribution in [2.75, 3.05) is 17.2 Å². The second-order valence-corrected chi connectivity index (χ2v) is 9.97. The van der Waals surface area contributed by atoms with Crippen LogP contribution >= 0.6 is 23.2 Å². The van der Waals surface area contributed by atoms with Crippen molar-refractivity contribution in [1.29, 1.82) is 0 Å². The van der Waals surface area contributed by atoms with Gasteiger partial charge in [0.25, 0.3) is 5.56 Å². The Hall–Kier alpha value is -2.51. The lowest BCUT2D eigenvalue weighted by Gasteiger charge is -2.26. The van der Waals surface area contributed by atoms with Crippen LogP contribution < -0.4 is 21.9 Å². The maximum atomic E-state index is 13.3. The number of anilines is 2. The van der Waals surface area contributed by atoms with Crippen molar-refractivity contribution in [3.8, 4) is 0 Å². The molecule has 1 fully saturated rings. The molecule has 7 nitrogen and oxygen atoms in total. The Bertz CT molecular complexity index is 1150. The fraction of sp³-hybridized carbons (Fsp3) is 0.435. The van der Waals surface area contributed by atoms with Crippen LogP contribution in [0.15, 0.2) is 51.6 Å².